The number of aromatic nitrogens is 2. The summed E-state index contributed by atoms with van der Waals surface area (Å²) >= 11 is 0. The van der Waals surface area contributed by atoms with E-state index in [-0.39, 0.29) is 11.9 Å². The van der Waals surface area contributed by atoms with Crippen LogP contribution in [0.2, 0.25) is 0 Å². The molecule has 200 valence electrons. The molecule has 2 aromatic carbocycles. The molecule has 0 aliphatic carbocycles. The molecule has 1 aromatic heterocycles. The summed E-state index contributed by atoms with van der Waals surface area (Å²) in [6.07, 6.45) is 4.75. The fourth-order valence-electron chi connectivity index (χ4n) is 5.55. The van der Waals surface area contributed by atoms with E-state index >= 15 is 0 Å². The van der Waals surface area contributed by atoms with Crippen LogP contribution < -0.4 is 10.0 Å². The highest BCUT2D eigenvalue weighted by molar-refractivity contribution is 7.92. The van der Waals surface area contributed by atoms with Gasteiger partial charge in [0, 0.05) is 60.4 Å². The van der Waals surface area contributed by atoms with Crippen molar-refractivity contribution in [2.45, 2.75) is 58.8 Å². The number of hydrogen-bond acceptors (Lipinski definition) is 7. The van der Waals surface area contributed by atoms with Crippen LogP contribution in [0, 0.1) is 13.8 Å². The van der Waals surface area contributed by atoms with E-state index in [1.807, 2.05) is 11.1 Å². The second-order valence-corrected chi connectivity index (χ2v) is 12.3. The van der Waals surface area contributed by atoms with Crippen molar-refractivity contribution in [2.75, 3.05) is 22.8 Å². The summed E-state index contributed by atoms with van der Waals surface area (Å²) in [7, 11) is -3.41. The fourth-order valence-corrected chi connectivity index (χ4v) is 6.10. The third kappa shape index (κ3) is 5.97. The Labute approximate surface area is 224 Å². The molecule has 2 aliphatic rings. The molecule has 3 heterocycles. The molecule has 0 radical (unpaired) electrons. The zero-order chi connectivity index (χ0) is 27.0. The van der Waals surface area contributed by atoms with Gasteiger partial charge in [-0.1, -0.05) is 12.1 Å². The first-order valence-corrected chi connectivity index (χ1v) is 14.8. The number of carbonyl (C=O) groups excluding carboxylic acids is 1. The summed E-state index contributed by atoms with van der Waals surface area (Å²) < 4.78 is 25.6. The van der Waals surface area contributed by atoms with Gasteiger partial charge in [0.15, 0.2) is 0 Å². The monoisotopic (exact) mass is 534 g/mol. The van der Waals surface area contributed by atoms with Crippen LogP contribution in [0.5, 0.6) is 0 Å². The van der Waals surface area contributed by atoms with Crippen molar-refractivity contribution in [3.8, 4) is 0 Å². The average Bonchev–Trinajstić information content (AvgIpc) is 3.25. The highest BCUT2D eigenvalue weighted by Gasteiger charge is 2.35. The van der Waals surface area contributed by atoms with Gasteiger partial charge < -0.3 is 10.2 Å². The van der Waals surface area contributed by atoms with Crippen molar-refractivity contribution >= 4 is 33.3 Å². The van der Waals surface area contributed by atoms with E-state index in [1.165, 1.54) is 11.1 Å². The second-order valence-electron chi connectivity index (χ2n) is 10.6. The largest absolute Gasteiger partial charge is 0.336 e. The van der Waals surface area contributed by atoms with Crippen LogP contribution in [0.4, 0.5) is 17.3 Å². The maximum absolute atomic E-state index is 13.3. The number of likely N-dealkylation sites (tertiary alicyclic amines) is 1. The quantitative estimate of drug-likeness (QED) is 0.488. The number of benzene rings is 2. The van der Waals surface area contributed by atoms with Crippen molar-refractivity contribution in [3.63, 3.8) is 0 Å². The molecule has 0 saturated carbocycles. The minimum atomic E-state index is -3.41. The first-order valence-electron chi connectivity index (χ1n) is 12.9. The van der Waals surface area contributed by atoms with E-state index in [9.17, 15) is 13.2 Å². The number of aryl methyl sites for hydroxylation is 2. The highest BCUT2D eigenvalue weighted by Crippen LogP contribution is 2.31. The molecule has 2 aliphatic heterocycles. The van der Waals surface area contributed by atoms with Gasteiger partial charge in [-0.3, -0.25) is 14.4 Å². The van der Waals surface area contributed by atoms with Gasteiger partial charge in [0.2, 0.25) is 16.0 Å². The van der Waals surface area contributed by atoms with Crippen LogP contribution >= 0.6 is 0 Å². The van der Waals surface area contributed by atoms with Gasteiger partial charge in [-0.2, -0.15) is 0 Å². The third-order valence-corrected chi connectivity index (χ3v) is 7.80. The number of amides is 1. The average molecular weight is 535 g/mol. The molecule has 0 spiro atoms. The lowest BCUT2D eigenvalue weighted by Gasteiger charge is -2.41. The molecule has 10 heteroatoms. The van der Waals surface area contributed by atoms with Gasteiger partial charge in [-0.05, 0) is 75.1 Å². The zero-order valence-corrected chi connectivity index (χ0v) is 23.0. The maximum atomic E-state index is 13.3. The normalized spacial score (nSPS) is 19.7. The number of anilines is 3. The molecule has 5 rings (SSSR count). The van der Waals surface area contributed by atoms with Crippen molar-refractivity contribution in [3.05, 3.63) is 76.6 Å². The SMILES string of the molecule is Cc1cc(C)cc(Nc2ncc3c(n2)CN([C@@H]2CCN(C(=O)c4cccc(NS(C)(=O)=O)c4)[C@H](C)C2)C3)c1. The summed E-state index contributed by atoms with van der Waals surface area (Å²) in [6.45, 7) is 8.46. The topological polar surface area (TPSA) is 108 Å². The smallest absolute Gasteiger partial charge is 0.254 e. The Kier molecular flexibility index (Phi) is 7.11. The first-order chi connectivity index (χ1) is 18.0. The lowest BCUT2D eigenvalue weighted by atomic mass is 9.96. The Morgan fingerprint density at radius 2 is 1.82 bits per heavy atom. The predicted molar refractivity (Wildman–Crippen MR) is 149 cm³/mol. The molecule has 2 N–H and O–H groups in total. The predicted octanol–water partition coefficient (Wildman–Crippen LogP) is 4.22. The molecular formula is C28H34N6O3S. The number of nitrogens with one attached hydrogen (secondary N) is 2. The third-order valence-electron chi connectivity index (χ3n) is 7.20. The fraction of sp³-hybridized carbons (Fsp3) is 0.393. The van der Waals surface area contributed by atoms with Crippen LogP contribution in [0.25, 0.3) is 0 Å². The summed E-state index contributed by atoms with van der Waals surface area (Å²) in [5.74, 6) is 0.530. The van der Waals surface area contributed by atoms with Gasteiger partial charge in [-0.15, -0.1) is 0 Å². The van der Waals surface area contributed by atoms with E-state index in [0.29, 0.717) is 29.8 Å². The van der Waals surface area contributed by atoms with Crippen LogP contribution in [-0.4, -0.2) is 59.0 Å². The maximum Gasteiger partial charge on any atom is 0.254 e. The number of nitrogens with zero attached hydrogens (tertiary/aromatic N) is 4. The number of rotatable bonds is 6. The van der Waals surface area contributed by atoms with Crippen molar-refractivity contribution in [2.24, 2.45) is 0 Å². The van der Waals surface area contributed by atoms with Gasteiger partial charge in [0.25, 0.3) is 5.91 Å². The van der Waals surface area contributed by atoms with Crippen LogP contribution in [0.3, 0.4) is 0 Å². The Morgan fingerprint density at radius 1 is 1.05 bits per heavy atom. The standard InChI is InChI=1S/C28H34N6O3S/c1-18-10-19(2)12-24(11-18)30-28-29-15-22-16-33(17-26(22)31-28)25-8-9-34(20(3)13-25)27(35)21-6-5-7-23(14-21)32-38(4,36)37/h5-7,10-12,14-15,20,25,32H,8-9,13,16-17H2,1-4H3,(H,29,30,31)/t20-,25-/m1/s1. The molecule has 1 saturated heterocycles. The van der Waals surface area contributed by atoms with E-state index in [0.717, 1.165) is 49.1 Å². The van der Waals surface area contributed by atoms with Crippen molar-refractivity contribution in [1.29, 1.82) is 0 Å². The molecule has 38 heavy (non-hydrogen) atoms. The molecule has 2 atom stereocenters. The second kappa shape index (κ2) is 10.3. The van der Waals surface area contributed by atoms with E-state index in [1.54, 1.807) is 24.3 Å². The lowest BCUT2D eigenvalue weighted by molar-refractivity contribution is 0.0460. The first kappa shape index (κ1) is 26.1. The highest BCUT2D eigenvalue weighted by atomic mass is 32.2. The number of hydrogen-bond donors (Lipinski definition) is 2. The molecule has 1 fully saturated rings. The molecule has 0 unspecified atom stereocenters. The summed E-state index contributed by atoms with van der Waals surface area (Å²) in [4.78, 5) is 27.0. The van der Waals surface area contributed by atoms with Gasteiger partial charge in [0.1, 0.15) is 0 Å². The minimum Gasteiger partial charge on any atom is -0.336 e. The van der Waals surface area contributed by atoms with Crippen molar-refractivity contribution < 1.29 is 13.2 Å². The molecule has 0 bridgehead atoms. The Bertz CT molecular complexity index is 1450. The minimum absolute atomic E-state index is 0.0596. The molecule has 3 aromatic rings. The number of carbonyl (C=O) groups is 1. The number of fused-ring (bicyclic) bond motifs is 1. The van der Waals surface area contributed by atoms with Gasteiger partial charge in [-0.25, -0.2) is 18.4 Å². The van der Waals surface area contributed by atoms with E-state index in [4.69, 9.17) is 4.98 Å². The van der Waals surface area contributed by atoms with Crippen molar-refractivity contribution in [1.82, 2.24) is 19.8 Å². The van der Waals surface area contributed by atoms with Crippen LogP contribution in [0.15, 0.2) is 48.7 Å². The lowest BCUT2D eigenvalue weighted by Crippen LogP contribution is -2.50. The number of piperidine rings is 1. The Balaban J connectivity index is 1.21. The zero-order valence-electron chi connectivity index (χ0n) is 22.2. The van der Waals surface area contributed by atoms with Gasteiger partial charge in [0.05, 0.1) is 11.9 Å². The van der Waals surface area contributed by atoms with E-state index in [2.05, 4.69) is 58.9 Å². The summed E-state index contributed by atoms with van der Waals surface area (Å²) in [6, 6.07) is 13.4. The molecule has 1 amide bonds. The summed E-state index contributed by atoms with van der Waals surface area (Å²) in [5, 5.41) is 3.34. The molecule has 9 nitrogen and oxygen atoms in total. The Morgan fingerprint density at radius 3 is 2.53 bits per heavy atom. The Hall–Kier alpha value is -3.50. The van der Waals surface area contributed by atoms with Gasteiger partial charge >= 0.3 is 0 Å². The van der Waals surface area contributed by atoms with E-state index < -0.39 is 10.0 Å². The molecular weight excluding hydrogens is 500 g/mol. The summed E-state index contributed by atoms with van der Waals surface area (Å²) in [5.41, 5.74) is 6.44. The number of sulfonamides is 1. The van der Waals surface area contributed by atoms with Crippen LogP contribution in [0.1, 0.15) is 52.5 Å². The van der Waals surface area contributed by atoms with Crippen LogP contribution in [-0.2, 0) is 23.1 Å².